The van der Waals surface area contributed by atoms with Gasteiger partial charge in [0, 0.05) is 19.3 Å². The zero-order valence-electron chi connectivity index (χ0n) is 52.0. The third-order valence-corrected chi connectivity index (χ3v) is 15.4. The highest BCUT2D eigenvalue weighted by Crippen LogP contribution is 2.27. The average Bonchev–Trinajstić information content (AvgIpc) is 3.46. The lowest BCUT2D eigenvalue weighted by molar-refractivity contribution is -0.301. The minimum absolute atomic E-state index is 0.0640. The average molecular weight is 1140 g/mol. The van der Waals surface area contributed by atoms with Crippen LogP contribution in [0.5, 0.6) is 0 Å². The van der Waals surface area contributed by atoms with E-state index in [0.717, 1.165) is 96.3 Å². The van der Waals surface area contributed by atoms with Crippen LogP contribution in [0.4, 0.5) is 0 Å². The van der Waals surface area contributed by atoms with Crippen LogP contribution in [0.25, 0.3) is 0 Å². The van der Waals surface area contributed by atoms with Crippen molar-refractivity contribution in [3.05, 3.63) is 48.6 Å². The van der Waals surface area contributed by atoms with Gasteiger partial charge in [0.05, 0.1) is 6.61 Å². The van der Waals surface area contributed by atoms with Crippen molar-refractivity contribution in [2.24, 2.45) is 0 Å². The highest BCUT2D eigenvalue weighted by atomic mass is 16.7. The van der Waals surface area contributed by atoms with Gasteiger partial charge in [0.1, 0.15) is 18.8 Å². The molecule has 81 heavy (non-hydrogen) atoms. The molecule has 0 amide bonds. The summed E-state index contributed by atoms with van der Waals surface area (Å²) in [5.41, 5.74) is 0. The normalized spacial score (nSPS) is 18.0. The maximum Gasteiger partial charge on any atom is 0.335 e. The molecule has 0 bridgehead atoms. The number of carbonyl (C=O) groups is 4. The van der Waals surface area contributed by atoms with Crippen LogP contribution in [0.15, 0.2) is 48.6 Å². The lowest BCUT2D eigenvalue weighted by Crippen LogP contribution is -2.61. The van der Waals surface area contributed by atoms with Gasteiger partial charge in [-0.1, -0.05) is 262 Å². The molecule has 1 rings (SSSR count). The fourth-order valence-corrected chi connectivity index (χ4v) is 10.2. The molecule has 1 aliphatic heterocycles. The van der Waals surface area contributed by atoms with Crippen LogP contribution < -0.4 is 0 Å². The lowest BCUT2D eigenvalue weighted by atomic mass is 9.98. The first-order valence-corrected chi connectivity index (χ1v) is 33.6. The summed E-state index contributed by atoms with van der Waals surface area (Å²) in [6, 6.07) is 0. The molecule has 1 heterocycles. The molecule has 1 saturated heterocycles. The third kappa shape index (κ3) is 46.7. The van der Waals surface area contributed by atoms with Gasteiger partial charge in [-0.3, -0.25) is 14.4 Å². The van der Waals surface area contributed by atoms with Crippen molar-refractivity contribution in [2.45, 2.75) is 353 Å². The van der Waals surface area contributed by atoms with Crippen molar-refractivity contribution in [1.82, 2.24) is 0 Å². The van der Waals surface area contributed by atoms with Crippen LogP contribution in [-0.2, 0) is 42.9 Å². The Morgan fingerprint density at radius 2 is 0.741 bits per heavy atom. The fraction of sp³-hybridized carbons (Fsp3) is 0.826. The molecule has 0 aromatic heterocycles. The molecule has 6 atom stereocenters. The predicted molar refractivity (Wildman–Crippen MR) is 331 cm³/mol. The number of carboxylic acid groups (broad SMARTS) is 1. The Morgan fingerprint density at radius 3 is 1.14 bits per heavy atom. The van der Waals surface area contributed by atoms with E-state index in [1.807, 2.05) is 0 Å². The number of aliphatic hydroxyl groups excluding tert-OH is 2. The van der Waals surface area contributed by atoms with Crippen LogP contribution in [0.1, 0.15) is 316 Å². The van der Waals surface area contributed by atoms with Gasteiger partial charge < -0.3 is 39.0 Å². The SMILES string of the molecule is CCCCC/C=C\C/C=C\CCCCCCCCCCCC(=O)OCC(COC1OC(C(=O)O)C(O)C(O)C1OC(=O)CCCCCCCCCCCCCCC)OC(=O)CCCCCCCCCCC/C=C\C/C=C\CCCCC. The summed E-state index contributed by atoms with van der Waals surface area (Å²) in [5.74, 6) is -3.10. The van der Waals surface area contributed by atoms with E-state index in [1.54, 1.807) is 0 Å². The van der Waals surface area contributed by atoms with E-state index in [-0.39, 0.29) is 25.9 Å². The van der Waals surface area contributed by atoms with E-state index in [9.17, 15) is 34.5 Å². The number of ether oxygens (including phenoxy) is 5. The first-order chi connectivity index (χ1) is 39.6. The maximum atomic E-state index is 13.2. The van der Waals surface area contributed by atoms with E-state index < -0.39 is 67.3 Å². The van der Waals surface area contributed by atoms with Gasteiger partial charge in [-0.15, -0.1) is 0 Å². The molecule has 0 radical (unpaired) electrons. The Labute approximate surface area is 494 Å². The highest BCUT2D eigenvalue weighted by molar-refractivity contribution is 5.74. The van der Waals surface area contributed by atoms with Crippen molar-refractivity contribution in [2.75, 3.05) is 13.2 Å². The van der Waals surface area contributed by atoms with Crippen LogP contribution in [-0.4, -0.2) is 89.2 Å². The van der Waals surface area contributed by atoms with E-state index in [2.05, 4.69) is 69.4 Å². The second-order valence-electron chi connectivity index (χ2n) is 23.1. The van der Waals surface area contributed by atoms with Gasteiger partial charge >= 0.3 is 23.9 Å². The molecule has 1 aliphatic rings. The van der Waals surface area contributed by atoms with E-state index in [0.29, 0.717) is 19.3 Å². The van der Waals surface area contributed by atoms with Crippen molar-refractivity contribution in [1.29, 1.82) is 0 Å². The molecular weight excluding hydrogens is 1020 g/mol. The van der Waals surface area contributed by atoms with E-state index >= 15 is 0 Å². The number of unbranched alkanes of at least 4 members (excludes halogenated alkanes) is 36. The smallest absolute Gasteiger partial charge is 0.335 e. The Hall–Kier alpha value is -3.32. The summed E-state index contributed by atoms with van der Waals surface area (Å²) in [4.78, 5) is 51.4. The Morgan fingerprint density at radius 1 is 0.407 bits per heavy atom. The van der Waals surface area contributed by atoms with Crippen molar-refractivity contribution >= 4 is 23.9 Å². The summed E-state index contributed by atoms with van der Waals surface area (Å²) < 4.78 is 28.6. The summed E-state index contributed by atoms with van der Waals surface area (Å²) in [6.07, 6.45) is 57.8. The van der Waals surface area contributed by atoms with Crippen LogP contribution in [0, 0.1) is 0 Å². The van der Waals surface area contributed by atoms with Gasteiger partial charge in [0.15, 0.2) is 24.6 Å². The predicted octanol–water partition coefficient (Wildman–Crippen LogP) is 18.1. The summed E-state index contributed by atoms with van der Waals surface area (Å²) in [5, 5.41) is 31.6. The number of carboxylic acids is 1. The molecule has 1 fully saturated rings. The number of hydrogen-bond acceptors (Lipinski definition) is 11. The minimum Gasteiger partial charge on any atom is -0.479 e. The lowest BCUT2D eigenvalue weighted by Gasteiger charge is -2.40. The number of esters is 3. The molecule has 6 unspecified atom stereocenters. The molecule has 0 spiro atoms. The van der Waals surface area contributed by atoms with E-state index in [1.165, 1.54) is 161 Å². The summed E-state index contributed by atoms with van der Waals surface area (Å²) in [6.45, 7) is 5.98. The first-order valence-electron chi connectivity index (χ1n) is 33.6. The van der Waals surface area contributed by atoms with Crippen molar-refractivity contribution < 1.29 is 58.2 Å². The molecule has 0 saturated carbocycles. The number of allylic oxidation sites excluding steroid dienone is 8. The minimum atomic E-state index is -1.90. The second kappa shape index (κ2) is 57.1. The van der Waals surface area contributed by atoms with Crippen LogP contribution in [0.2, 0.25) is 0 Å². The number of rotatable bonds is 58. The number of aliphatic hydroxyl groups is 2. The van der Waals surface area contributed by atoms with Crippen LogP contribution >= 0.6 is 0 Å². The van der Waals surface area contributed by atoms with Gasteiger partial charge in [0.25, 0.3) is 0 Å². The number of hydrogen-bond donors (Lipinski definition) is 3. The third-order valence-electron chi connectivity index (χ3n) is 15.4. The Kier molecular flexibility index (Phi) is 53.4. The zero-order valence-corrected chi connectivity index (χ0v) is 52.0. The molecule has 3 N–H and O–H groups in total. The molecular formula is C69H122O12. The van der Waals surface area contributed by atoms with E-state index in [4.69, 9.17) is 23.7 Å². The standard InChI is InChI=1S/C69H122O12/c1-4-7-10-13-16-19-22-25-27-29-31-33-35-38-40-43-46-49-52-55-61(70)77-58-60(79-62(71)56-53-50-47-44-42-39-36-34-32-30-28-26-23-20-17-14-11-8-5-2)59-78-69-67(65(74)64(73)66(81-69)68(75)76)80-63(72)57-54-51-48-45-41-37-24-21-18-15-12-9-6-3/h16-17,19-20,25-28,60,64-67,69,73-74H,4-15,18,21-24,29-59H2,1-3H3,(H,75,76)/b19-16-,20-17-,27-25-,28-26-. The fourth-order valence-electron chi connectivity index (χ4n) is 10.2. The van der Waals surface area contributed by atoms with Gasteiger partial charge in [-0.05, 0) is 83.5 Å². The Balaban J connectivity index is 2.64. The molecule has 0 aromatic rings. The molecule has 470 valence electrons. The van der Waals surface area contributed by atoms with Gasteiger partial charge in [-0.2, -0.15) is 0 Å². The van der Waals surface area contributed by atoms with Gasteiger partial charge in [-0.25, -0.2) is 4.79 Å². The zero-order chi connectivity index (χ0) is 58.9. The number of carbonyl (C=O) groups excluding carboxylic acids is 3. The number of aliphatic carboxylic acids is 1. The molecule has 0 aromatic carbocycles. The highest BCUT2D eigenvalue weighted by Gasteiger charge is 2.50. The second-order valence-corrected chi connectivity index (χ2v) is 23.1. The van der Waals surface area contributed by atoms with Crippen molar-refractivity contribution in [3.63, 3.8) is 0 Å². The quantitative estimate of drug-likeness (QED) is 0.0228. The van der Waals surface area contributed by atoms with Gasteiger partial charge in [0.2, 0.25) is 0 Å². The molecule has 12 nitrogen and oxygen atoms in total. The topological polar surface area (TPSA) is 175 Å². The molecule has 12 heteroatoms. The van der Waals surface area contributed by atoms with Crippen LogP contribution in [0.3, 0.4) is 0 Å². The largest absolute Gasteiger partial charge is 0.479 e. The maximum absolute atomic E-state index is 13.2. The monoisotopic (exact) mass is 1140 g/mol. The Bertz CT molecular complexity index is 1590. The summed E-state index contributed by atoms with van der Waals surface area (Å²) in [7, 11) is 0. The molecule has 0 aliphatic carbocycles. The van der Waals surface area contributed by atoms with Crippen molar-refractivity contribution in [3.8, 4) is 0 Å². The summed E-state index contributed by atoms with van der Waals surface area (Å²) >= 11 is 0. The first kappa shape index (κ1) is 75.7.